The van der Waals surface area contributed by atoms with Crippen LogP contribution in [0.25, 0.3) is 0 Å². The molecule has 1 fully saturated rings. The van der Waals surface area contributed by atoms with Crippen molar-refractivity contribution in [3.8, 4) is 0 Å². The molecule has 1 aliphatic rings. The van der Waals surface area contributed by atoms with Crippen molar-refractivity contribution in [1.29, 1.82) is 0 Å². The van der Waals surface area contributed by atoms with Gasteiger partial charge in [-0.15, -0.1) is 11.3 Å². The van der Waals surface area contributed by atoms with Crippen molar-refractivity contribution in [3.05, 3.63) is 64.1 Å². The second-order valence-corrected chi connectivity index (χ2v) is 9.47. The number of anilines is 2. The first-order valence-corrected chi connectivity index (χ1v) is 11.6. The van der Waals surface area contributed by atoms with Gasteiger partial charge in [-0.25, -0.2) is 4.98 Å². The lowest BCUT2D eigenvalue weighted by Crippen LogP contribution is -2.23. The Hall–Kier alpha value is -2.16. The summed E-state index contributed by atoms with van der Waals surface area (Å²) in [5.41, 5.74) is 1.44. The van der Waals surface area contributed by atoms with Crippen LogP contribution in [0.2, 0.25) is 0 Å². The molecular weight excluding hydrogens is 470 g/mol. The van der Waals surface area contributed by atoms with Crippen molar-refractivity contribution in [1.82, 2.24) is 4.98 Å². The number of hydrogen-bond acceptors (Lipinski definition) is 5. The molecule has 0 aliphatic carbocycles. The predicted molar refractivity (Wildman–Crippen MR) is 121 cm³/mol. The Kier molecular flexibility index (Phi) is 6.32. The van der Waals surface area contributed by atoms with Gasteiger partial charge in [-0.1, -0.05) is 27.7 Å². The van der Waals surface area contributed by atoms with Crippen molar-refractivity contribution in [2.75, 3.05) is 16.8 Å². The molecule has 0 spiro atoms. The van der Waals surface area contributed by atoms with Crippen LogP contribution in [0.4, 0.5) is 10.8 Å². The van der Waals surface area contributed by atoms with E-state index in [0.717, 1.165) is 26.4 Å². The quantitative estimate of drug-likeness (QED) is 0.507. The first-order valence-electron chi connectivity index (χ1n) is 9.15. The number of nitrogens with one attached hydrogen (secondary N) is 1. The van der Waals surface area contributed by atoms with Gasteiger partial charge in [-0.3, -0.25) is 14.5 Å². The molecule has 148 valence electrons. The second-order valence-electron chi connectivity index (χ2n) is 6.58. The number of halogens is 1. The minimum Gasteiger partial charge on any atom is -0.326 e. The van der Waals surface area contributed by atoms with Crippen LogP contribution < -0.4 is 10.2 Å². The third-order valence-electron chi connectivity index (χ3n) is 4.37. The van der Waals surface area contributed by atoms with Gasteiger partial charge in [0.15, 0.2) is 5.13 Å². The maximum atomic E-state index is 12.3. The van der Waals surface area contributed by atoms with Crippen LogP contribution in [0, 0.1) is 0 Å². The third-order valence-corrected chi connectivity index (χ3v) is 6.83. The summed E-state index contributed by atoms with van der Waals surface area (Å²) in [6.07, 6.45) is 1.63. The Morgan fingerprint density at radius 1 is 1.14 bits per heavy atom. The summed E-state index contributed by atoms with van der Waals surface area (Å²) in [4.78, 5) is 32.6. The summed E-state index contributed by atoms with van der Waals surface area (Å²) >= 11 is 6.52. The van der Waals surface area contributed by atoms with E-state index in [1.807, 2.05) is 41.8 Å². The number of rotatable bonds is 6. The average molecular weight is 488 g/mol. The number of aromatic nitrogens is 1. The Labute approximate surface area is 185 Å². The number of carbonyl (C=O) groups excluding carboxylic acids is 2. The van der Waals surface area contributed by atoms with Crippen molar-refractivity contribution in [2.24, 2.45) is 0 Å². The molecule has 2 heterocycles. The molecule has 0 bridgehead atoms. The van der Waals surface area contributed by atoms with Crippen molar-refractivity contribution in [2.45, 2.75) is 29.1 Å². The molecule has 3 aromatic rings. The number of benzene rings is 2. The number of carbonyl (C=O) groups is 2. The molecule has 0 radical (unpaired) electrons. The normalized spacial score (nSPS) is 13.7. The summed E-state index contributed by atoms with van der Waals surface area (Å²) in [5.74, 6) is -0.0145. The van der Waals surface area contributed by atoms with Gasteiger partial charge in [0, 0.05) is 38.3 Å². The summed E-state index contributed by atoms with van der Waals surface area (Å²) in [7, 11) is 0. The molecule has 0 atom stereocenters. The van der Waals surface area contributed by atoms with Crippen LogP contribution in [0.3, 0.4) is 0 Å². The maximum Gasteiger partial charge on any atom is 0.230 e. The largest absolute Gasteiger partial charge is 0.326 e. The highest BCUT2D eigenvalue weighted by Gasteiger charge is 2.24. The van der Waals surface area contributed by atoms with E-state index in [4.69, 9.17) is 0 Å². The smallest absolute Gasteiger partial charge is 0.230 e. The minimum atomic E-state index is -0.122. The Bertz CT molecular complexity index is 1020. The van der Waals surface area contributed by atoms with Crippen molar-refractivity contribution in [3.63, 3.8) is 0 Å². The average Bonchev–Trinajstić information content (AvgIpc) is 3.33. The lowest BCUT2D eigenvalue weighted by molar-refractivity contribution is -0.117. The fourth-order valence-corrected chi connectivity index (χ4v) is 4.92. The molecule has 1 aliphatic heterocycles. The van der Waals surface area contributed by atoms with E-state index in [-0.39, 0.29) is 18.2 Å². The fourth-order valence-electron chi connectivity index (χ4n) is 2.97. The molecule has 0 unspecified atom stereocenters. The van der Waals surface area contributed by atoms with Crippen LogP contribution >= 0.6 is 39.0 Å². The highest BCUT2D eigenvalue weighted by molar-refractivity contribution is 9.10. The van der Waals surface area contributed by atoms with Crippen LogP contribution in [0.15, 0.2) is 68.2 Å². The van der Waals surface area contributed by atoms with Gasteiger partial charge in [0.05, 0.1) is 12.1 Å². The van der Waals surface area contributed by atoms with E-state index < -0.39 is 0 Å². The molecule has 1 aromatic heterocycles. The van der Waals surface area contributed by atoms with E-state index in [9.17, 15) is 9.59 Å². The lowest BCUT2D eigenvalue weighted by atomic mass is 10.3. The Morgan fingerprint density at radius 3 is 2.48 bits per heavy atom. The summed E-state index contributed by atoms with van der Waals surface area (Å²) < 4.78 is 1.05. The lowest BCUT2D eigenvalue weighted by Gasteiger charge is -2.10. The number of amides is 2. The van der Waals surface area contributed by atoms with E-state index in [1.54, 1.807) is 16.7 Å². The molecule has 5 nitrogen and oxygen atoms in total. The zero-order chi connectivity index (χ0) is 20.2. The first-order chi connectivity index (χ1) is 14.1. The van der Waals surface area contributed by atoms with Crippen LogP contribution in [0.5, 0.6) is 0 Å². The van der Waals surface area contributed by atoms with E-state index in [2.05, 4.69) is 38.4 Å². The highest BCUT2D eigenvalue weighted by atomic mass is 79.9. The first kappa shape index (κ1) is 20.1. The Balaban J connectivity index is 1.32. The summed E-state index contributed by atoms with van der Waals surface area (Å²) in [6.45, 7) is 0.711. The van der Waals surface area contributed by atoms with Gasteiger partial charge in [-0.2, -0.15) is 0 Å². The van der Waals surface area contributed by atoms with E-state index in [0.29, 0.717) is 23.8 Å². The molecule has 1 N–H and O–H groups in total. The van der Waals surface area contributed by atoms with Gasteiger partial charge in [0.2, 0.25) is 11.8 Å². The van der Waals surface area contributed by atoms with Crippen molar-refractivity contribution < 1.29 is 9.59 Å². The van der Waals surface area contributed by atoms with Crippen LogP contribution in [-0.2, 0) is 16.0 Å². The predicted octanol–water partition coefficient (Wildman–Crippen LogP) is 5.36. The molecule has 1 saturated heterocycles. The van der Waals surface area contributed by atoms with Crippen molar-refractivity contribution >= 4 is 61.7 Å². The SMILES string of the molecule is O=C(Cc1csc(N2CCCC2=O)n1)Nc1ccc(Sc2ccc(Br)cc2)cc1. The summed E-state index contributed by atoms with van der Waals surface area (Å²) in [6, 6.07) is 15.9. The molecule has 2 amide bonds. The van der Waals surface area contributed by atoms with Crippen LogP contribution in [-0.4, -0.2) is 23.3 Å². The molecule has 2 aromatic carbocycles. The second kappa shape index (κ2) is 9.11. The van der Waals surface area contributed by atoms with Crippen LogP contribution in [0.1, 0.15) is 18.5 Å². The summed E-state index contributed by atoms with van der Waals surface area (Å²) in [5, 5.41) is 5.44. The van der Waals surface area contributed by atoms with E-state index >= 15 is 0 Å². The standard InChI is InChI=1S/C21H18BrN3O2S2/c22-14-3-7-17(8-4-14)29-18-9-5-15(6-10-18)23-19(26)12-16-13-28-21(24-16)25-11-1-2-20(25)27/h3-10,13H,1-2,11-12H2,(H,23,26). The topological polar surface area (TPSA) is 62.3 Å². The van der Waals surface area contributed by atoms with Gasteiger partial charge in [0.1, 0.15) is 0 Å². The number of hydrogen-bond donors (Lipinski definition) is 1. The molecule has 8 heteroatoms. The van der Waals surface area contributed by atoms with Gasteiger partial charge >= 0.3 is 0 Å². The van der Waals surface area contributed by atoms with Gasteiger partial charge < -0.3 is 5.32 Å². The monoisotopic (exact) mass is 487 g/mol. The zero-order valence-electron chi connectivity index (χ0n) is 15.4. The van der Waals surface area contributed by atoms with Gasteiger partial charge in [0.25, 0.3) is 0 Å². The molecule has 4 rings (SSSR count). The Morgan fingerprint density at radius 2 is 1.83 bits per heavy atom. The highest BCUT2D eigenvalue weighted by Crippen LogP contribution is 2.29. The zero-order valence-corrected chi connectivity index (χ0v) is 18.6. The molecular formula is C21H18BrN3O2S2. The maximum absolute atomic E-state index is 12.3. The molecule has 29 heavy (non-hydrogen) atoms. The minimum absolute atomic E-state index is 0.108. The third kappa shape index (κ3) is 5.26. The van der Waals surface area contributed by atoms with E-state index in [1.165, 1.54) is 11.3 Å². The van der Waals surface area contributed by atoms with Gasteiger partial charge in [-0.05, 0) is 55.0 Å². The fraction of sp³-hybridized carbons (Fsp3) is 0.190. The number of nitrogens with zero attached hydrogens (tertiary/aromatic N) is 2. The number of thiazole rings is 1. The molecule has 0 saturated carbocycles.